The second kappa shape index (κ2) is 3.46. The molecule has 0 aromatic heterocycles. The van der Waals surface area contributed by atoms with Gasteiger partial charge in [-0.3, -0.25) is 0 Å². The average molecular weight is 146 g/mol. The topological polar surface area (TPSA) is 0 Å². The maximum atomic E-state index is 4.21. The molecule has 1 aliphatic heterocycles. The van der Waals surface area contributed by atoms with Gasteiger partial charge in [-0.05, 0) is 18.2 Å². The zero-order valence-corrected chi connectivity index (χ0v) is 6.42. The van der Waals surface area contributed by atoms with Gasteiger partial charge < -0.3 is 0 Å². The van der Waals surface area contributed by atoms with Crippen LogP contribution >= 0.6 is 24.4 Å². The lowest BCUT2D eigenvalue weighted by Crippen LogP contribution is -2.04. The molecule has 1 atom stereocenters. The summed E-state index contributed by atoms with van der Waals surface area (Å²) in [5, 5.41) is 2.97. The highest BCUT2D eigenvalue weighted by molar-refractivity contribution is 8.03. The van der Waals surface area contributed by atoms with Gasteiger partial charge in [0.15, 0.2) is 0 Å². The SMILES string of the molecule is SCC1CCC=CS1. The third-order valence-electron chi connectivity index (χ3n) is 1.23. The maximum Gasteiger partial charge on any atom is 0.0179 e. The smallest absolute Gasteiger partial charge is 0.0179 e. The molecular weight excluding hydrogens is 136 g/mol. The van der Waals surface area contributed by atoms with Crippen molar-refractivity contribution in [1.29, 1.82) is 0 Å². The molecule has 46 valence electrons. The summed E-state index contributed by atoms with van der Waals surface area (Å²) >= 11 is 6.12. The Morgan fingerprint density at radius 1 is 1.75 bits per heavy atom. The molecule has 1 rings (SSSR count). The Morgan fingerprint density at radius 2 is 2.62 bits per heavy atom. The third-order valence-corrected chi connectivity index (χ3v) is 3.05. The van der Waals surface area contributed by atoms with E-state index in [4.69, 9.17) is 0 Å². The third kappa shape index (κ3) is 1.75. The first-order valence-electron chi connectivity index (χ1n) is 2.85. The lowest BCUT2D eigenvalue weighted by atomic mass is 10.2. The van der Waals surface area contributed by atoms with Gasteiger partial charge in [0.1, 0.15) is 0 Å². The van der Waals surface area contributed by atoms with E-state index >= 15 is 0 Å². The largest absolute Gasteiger partial charge is 0.178 e. The zero-order valence-electron chi connectivity index (χ0n) is 4.71. The summed E-state index contributed by atoms with van der Waals surface area (Å²) in [5.41, 5.74) is 0. The molecule has 0 nitrogen and oxygen atoms in total. The molecule has 0 radical (unpaired) electrons. The minimum absolute atomic E-state index is 0.781. The van der Waals surface area contributed by atoms with Crippen LogP contribution in [0, 0.1) is 0 Å². The van der Waals surface area contributed by atoms with E-state index in [1.54, 1.807) is 0 Å². The lowest BCUT2D eigenvalue weighted by molar-refractivity contribution is 0.837. The molecular formula is C6H10S2. The second-order valence-electron chi connectivity index (χ2n) is 1.89. The Balaban J connectivity index is 2.27. The van der Waals surface area contributed by atoms with Crippen molar-refractivity contribution in [3.63, 3.8) is 0 Å². The second-order valence-corrected chi connectivity index (χ2v) is 3.47. The molecule has 0 saturated carbocycles. The van der Waals surface area contributed by atoms with Crippen LogP contribution in [0.1, 0.15) is 12.8 Å². The van der Waals surface area contributed by atoms with E-state index in [0.29, 0.717) is 0 Å². The molecule has 8 heavy (non-hydrogen) atoms. The summed E-state index contributed by atoms with van der Waals surface area (Å²) in [7, 11) is 0. The van der Waals surface area contributed by atoms with Crippen LogP contribution in [0.4, 0.5) is 0 Å². The van der Waals surface area contributed by atoms with Crippen molar-refractivity contribution in [2.24, 2.45) is 0 Å². The molecule has 0 spiro atoms. The highest BCUT2D eigenvalue weighted by Crippen LogP contribution is 2.23. The minimum atomic E-state index is 0.781. The van der Waals surface area contributed by atoms with Gasteiger partial charge in [-0.2, -0.15) is 12.6 Å². The van der Waals surface area contributed by atoms with Crippen LogP contribution in [0.15, 0.2) is 11.5 Å². The predicted octanol–water partition coefficient (Wildman–Crippen LogP) is 2.33. The molecule has 0 fully saturated rings. The Hall–Kier alpha value is 0.440. The molecule has 0 saturated heterocycles. The van der Waals surface area contributed by atoms with E-state index in [2.05, 4.69) is 24.1 Å². The normalized spacial score (nSPS) is 28.4. The van der Waals surface area contributed by atoms with Gasteiger partial charge >= 0.3 is 0 Å². The minimum Gasteiger partial charge on any atom is -0.178 e. The zero-order chi connectivity index (χ0) is 5.82. The van der Waals surface area contributed by atoms with Gasteiger partial charge in [0.25, 0.3) is 0 Å². The molecule has 1 unspecified atom stereocenters. The fourth-order valence-corrected chi connectivity index (χ4v) is 1.99. The molecule has 0 aliphatic carbocycles. The standard InChI is InChI=1S/C6H10S2/c7-5-6-3-1-2-4-8-6/h2,4,6-7H,1,3,5H2. The van der Waals surface area contributed by atoms with E-state index in [0.717, 1.165) is 11.0 Å². The van der Waals surface area contributed by atoms with E-state index in [-0.39, 0.29) is 0 Å². The molecule has 0 bridgehead atoms. The Bertz CT molecular complexity index is 88.5. The van der Waals surface area contributed by atoms with Crippen LogP contribution in [0.3, 0.4) is 0 Å². The van der Waals surface area contributed by atoms with Crippen molar-refractivity contribution < 1.29 is 0 Å². The number of hydrogen-bond acceptors (Lipinski definition) is 2. The summed E-state index contributed by atoms with van der Waals surface area (Å²) < 4.78 is 0. The lowest BCUT2D eigenvalue weighted by Gasteiger charge is -2.12. The van der Waals surface area contributed by atoms with Crippen molar-refractivity contribution >= 4 is 24.4 Å². The summed E-state index contributed by atoms with van der Waals surface area (Å²) in [4.78, 5) is 0. The number of thiol groups is 1. The first kappa shape index (κ1) is 6.56. The van der Waals surface area contributed by atoms with Gasteiger partial charge in [0.05, 0.1) is 0 Å². The molecule has 0 N–H and O–H groups in total. The van der Waals surface area contributed by atoms with Crippen LogP contribution in [0.25, 0.3) is 0 Å². The van der Waals surface area contributed by atoms with E-state index in [9.17, 15) is 0 Å². The molecule has 0 aromatic rings. The van der Waals surface area contributed by atoms with Crippen LogP contribution < -0.4 is 0 Å². The highest BCUT2D eigenvalue weighted by Gasteiger charge is 2.06. The van der Waals surface area contributed by atoms with Crippen molar-refractivity contribution in [3.8, 4) is 0 Å². The predicted molar refractivity (Wildman–Crippen MR) is 43.6 cm³/mol. The monoisotopic (exact) mass is 146 g/mol. The number of thioether (sulfide) groups is 1. The fourth-order valence-electron chi connectivity index (χ4n) is 0.719. The van der Waals surface area contributed by atoms with E-state index in [1.807, 2.05) is 11.8 Å². The van der Waals surface area contributed by atoms with Crippen molar-refractivity contribution in [1.82, 2.24) is 0 Å². The summed E-state index contributed by atoms with van der Waals surface area (Å²) in [6.45, 7) is 0. The molecule has 0 amide bonds. The first-order chi connectivity index (χ1) is 3.93. The number of rotatable bonds is 1. The maximum absolute atomic E-state index is 4.21. The quantitative estimate of drug-likeness (QED) is 0.554. The summed E-state index contributed by atoms with van der Waals surface area (Å²) in [6.07, 6.45) is 4.79. The van der Waals surface area contributed by atoms with Gasteiger partial charge in [-0.15, -0.1) is 11.8 Å². The molecule has 1 heterocycles. The van der Waals surface area contributed by atoms with Gasteiger partial charge in [-0.1, -0.05) is 6.08 Å². The van der Waals surface area contributed by atoms with Crippen LogP contribution in [0.5, 0.6) is 0 Å². The highest BCUT2D eigenvalue weighted by atomic mass is 32.2. The Morgan fingerprint density at radius 3 is 3.00 bits per heavy atom. The van der Waals surface area contributed by atoms with Gasteiger partial charge in [0.2, 0.25) is 0 Å². The number of allylic oxidation sites excluding steroid dienone is 1. The van der Waals surface area contributed by atoms with Crippen molar-refractivity contribution in [2.45, 2.75) is 18.1 Å². The number of hydrogen-bond donors (Lipinski definition) is 1. The summed E-state index contributed by atoms with van der Waals surface area (Å²) in [6, 6.07) is 0. The van der Waals surface area contributed by atoms with E-state index < -0.39 is 0 Å². The van der Waals surface area contributed by atoms with Gasteiger partial charge in [-0.25, -0.2) is 0 Å². The molecule has 2 heteroatoms. The summed E-state index contributed by atoms with van der Waals surface area (Å²) in [5.74, 6) is 1.02. The van der Waals surface area contributed by atoms with Crippen LogP contribution in [-0.4, -0.2) is 11.0 Å². The fraction of sp³-hybridized carbons (Fsp3) is 0.667. The van der Waals surface area contributed by atoms with E-state index in [1.165, 1.54) is 12.8 Å². The Kier molecular flexibility index (Phi) is 2.84. The van der Waals surface area contributed by atoms with Crippen molar-refractivity contribution in [2.75, 3.05) is 5.75 Å². The molecule has 0 aromatic carbocycles. The molecule has 1 aliphatic rings. The average Bonchev–Trinajstić information content (AvgIpc) is 1.90. The van der Waals surface area contributed by atoms with Crippen molar-refractivity contribution in [3.05, 3.63) is 11.5 Å². The Labute approximate surface area is 60.1 Å². The van der Waals surface area contributed by atoms with Gasteiger partial charge in [0, 0.05) is 11.0 Å². The first-order valence-corrected chi connectivity index (χ1v) is 4.42. The van der Waals surface area contributed by atoms with Crippen LogP contribution in [-0.2, 0) is 0 Å². The van der Waals surface area contributed by atoms with Crippen LogP contribution in [0.2, 0.25) is 0 Å².